The lowest BCUT2D eigenvalue weighted by molar-refractivity contribution is 0.304. The Morgan fingerprint density at radius 2 is 1.95 bits per heavy atom. The number of hydrogen-bond donors (Lipinski definition) is 1. The highest BCUT2D eigenvalue weighted by Gasteiger charge is 2.04. The average molecular weight is 284 g/mol. The molecule has 1 aromatic rings. The Morgan fingerprint density at radius 3 is 2.58 bits per heavy atom. The van der Waals surface area contributed by atoms with Crippen molar-refractivity contribution in [3.05, 3.63) is 28.8 Å². The molecule has 0 spiro atoms. The van der Waals surface area contributed by atoms with Crippen molar-refractivity contribution in [1.82, 2.24) is 0 Å². The molecule has 0 aliphatic rings. The summed E-state index contributed by atoms with van der Waals surface area (Å²) in [5.41, 5.74) is 6.94. The number of ether oxygens (including phenoxy) is 1. The highest BCUT2D eigenvalue weighted by molar-refractivity contribution is 6.32. The predicted molar refractivity (Wildman–Crippen MR) is 83.1 cm³/mol. The van der Waals surface area contributed by atoms with Gasteiger partial charge in [0.25, 0.3) is 0 Å². The summed E-state index contributed by atoms with van der Waals surface area (Å²) >= 11 is 6.21. The smallest absolute Gasteiger partial charge is 0.137 e. The fraction of sp³-hybridized carbons (Fsp3) is 0.625. The van der Waals surface area contributed by atoms with E-state index in [1.165, 1.54) is 25.7 Å². The maximum atomic E-state index is 6.21. The predicted octanol–water partition coefficient (Wildman–Crippen LogP) is 4.58. The van der Waals surface area contributed by atoms with Crippen LogP contribution in [0, 0.1) is 0 Å². The summed E-state index contributed by atoms with van der Waals surface area (Å²) in [5.74, 6) is 0.783. The Balaban J connectivity index is 2.34. The molecular weight excluding hydrogens is 258 g/mol. The molecule has 1 aromatic carbocycles. The van der Waals surface area contributed by atoms with Crippen molar-refractivity contribution in [2.45, 2.75) is 58.4 Å². The second kappa shape index (κ2) is 9.22. The number of halogens is 1. The fourth-order valence-electron chi connectivity index (χ4n) is 2.05. The molecule has 1 unspecified atom stereocenters. The summed E-state index contributed by atoms with van der Waals surface area (Å²) in [4.78, 5) is 0. The third-order valence-electron chi connectivity index (χ3n) is 3.06. The van der Waals surface area contributed by atoms with E-state index in [4.69, 9.17) is 22.1 Å². The molecule has 0 radical (unpaired) electrons. The Labute approximate surface area is 122 Å². The van der Waals surface area contributed by atoms with Crippen LogP contribution in [0.2, 0.25) is 5.02 Å². The zero-order valence-corrected chi connectivity index (χ0v) is 12.9. The summed E-state index contributed by atoms with van der Waals surface area (Å²) in [7, 11) is 0. The van der Waals surface area contributed by atoms with Crippen LogP contribution in [0.5, 0.6) is 5.75 Å². The maximum absolute atomic E-state index is 6.21. The van der Waals surface area contributed by atoms with Crippen LogP contribution in [-0.2, 0) is 6.42 Å². The first-order valence-corrected chi connectivity index (χ1v) is 7.68. The van der Waals surface area contributed by atoms with Crippen LogP contribution >= 0.6 is 11.6 Å². The number of benzene rings is 1. The lowest BCUT2D eigenvalue weighted by Crippen LogP contribution is -2.17. The van der Waals surface area contributed by atoms with Crippen LogP contribution in [0.25, 0.3) is 0 Å². The van der Waals surface area contributed by atoms with Crippen molar-refractivity contribution in [2.24, 2.45) is 5.73 Å². The monoisotopic (exact) mass is 283 g/mol. The number of unbranched alkanes of at least 4 members (excludes halogenated alkanes) is 4. The zero-order chi connectivity index (χ0) is 14.1. The second-order valence-corrected chi connectivity index (χ2v) is 5.62. The number of rotatable bonds is 9. The highest BCUT2D eigenvalue weighted by atomic mass is 35.5. The molecule has 2 N–H and O–H groups in total. The standard InChI is InChI=1S/C16H26ClNO/c1-3-4-5-6-7-10-19-16-9-8-14(11-13(2)18)12-15(16)17/h8-9,12-13H,3-7,10-11,18H2,1-2H3. The van der Waals surface area contributed by atoms with Crippen molar-refractivity contribution in [2.75, 3.05) is 6.61 Å². The fourth-order valence-corrected chi connectivity index (χ4v) is 2.31. The van der Waals surface area contributed by atoms with Crippen LogP contribution in [0.15, 0.2) is 18.2 Å². The molecular formula is C16H26ClNO. The second-order valence-electron chi connectivity index (χ2n) is 5.21. The average Bonchev–Trinajstić information content (AvgIpc) is 2.35. The third-order valence-corrected chi connectivity index (χ3v) is 3.35. The molecule has 2 nitrogen and oxygen atoms in total. The van der Waals surface area contributed by atoms with E-state index in [1.807, 2.05) is 25.1 Å². The minimum Gasteiger partial charge on any atom is -0.492 e. The molecule has 0 saturated carbocycles. The lowest BCUT2D eigenvalue weighted by atomic mass is 10.1. The third kappa shape index (κ3) is 6.84. The summed E-state index contributed by atoms with van der Waals surface area (Å²) in [5, 5.41) is 0.687. The summed E-state index contributed by atoms with van der Waals surface area (Å²) in [6.45, 7) is 4.96. The van der Waals surface area contributed by atoms with Gasteiger partial charge in [-0.05, 0) is 37.5 Å². The minimum absolute atomic E-state index is 0.154. The van der Waals surface area contributed by atoms with E-state index < -0.39 is 0 Å². The van der Waals surface area contributed by atoms with Crippen LogP contribution < -0.4 is 10.5 Å². The van der Waals surface area contributed by atoms with Crippen LogP contribution in [0.4, 0.5) is 0 Å². The first kappa shape index (κ1) is 16.3. The molecule has 0 aromatic heterocycles. The lowest BCUT2D eigenvalue weighted by Gasteiger charge is -2.10. The molecule has 3 heteroatoms. The minimum atomic E-state index is 0.154. The topological polar surface area (TPSA) is 35.2 Å². The van der Waals surface area contributed by atoms with Gasteiger partial charge >= 0.3 is 0 Å². The Kier molecular flexibility index (Phi) is 7.92. The van der Waals surface area contributed by atoms with Crippen molar-refractivity contribution in [3.63, 3.8) is 0 Å². The van der Waals surface area contributed by atoms with Crippen molar-refractivity contribution >= 4 is 11.6 Å². The van der Waals surface area contributed by atoms with Crippen LogP contribution in [-0.4, -0.2) is 12.6 Å². The maximum Gasteiger partial charge on any atom is 0.137 e. The molecule has 108 valence electrons. The van der Waals surface area contributed by atoms with Gasteiger partial charge in [0.05, 0.1) is 11.6 Å². The number of nitrogens with two attached hydrogens (primary N) is 1. The van der Waals surface area contributed by atoms with Crippen molar-refractivity contribution in [1.29, 1.82) is 0 Å². The van der Waals surface area contributed by atoms with E-state index in [0.717, 1.165) is 30.8 Å². The Hall–Kier alpha value is -0.730. The van der Waals surface area contributed by atoms with E-state index in [-0.39, 0.29) is 6.04 Å². The van der Waals surface area contributed by atoms with Gasteiger partial charge in [0.2, 0.25) is 0 Å². The normalized spacial score (nSPS) is 12.4. The summed E-state index contributed by atoms with van der Waals surface area (Å²) < 4.78 is 5.71. The van der Waals surface area contributed by atoms with Crippen molar-refractivity contribution in [3.8, 4) is 5.75 Å². The van der Waals surface area contributed by atoms with Gasteiger partial charge in [-0.15, -0.1) is 0 Å². The van der Waals surface area contributed by atoms with Gasteiger partial charge in [-0.3, -0.25) is 0 Å². The van der Waals surface area contributed by atoms with E-state index >= 15 is 0 Å². The van der Waals surface area contributed by atoms with Gasteiger partial charge in [0.1, 0.15) is 5.75 Å². The zero-order valence-electron chi connectivity index (χ0n) is 12.1. The summed E-state index contributed by atoms with van der Waals surface area (Å²) in [6.07, 6.45) is 7.05. The van der Waals surface area contributed by atoms with E-state index in [1.54, 1.807) is 0 Å². The SMILES string of the molecule is CCCCCCCOc1ccc(CC(C)N)cc1Cl. The molecule has 0 amide bonds. The van der Waals surface area contributed by atoms with Gasteiger partial charge in [-0.25, -0.2) is 0 Å². The van der Waals surface area contributed by atoms with E-state index in [9.17, 15) is 0 Å². The molecule has 1 atom stereocenters. The first-order chi connectivity index (χ1) is 9.13. The first-order valence-electron chi connectivity index (χ1n) is 7.30. The van der Waals surface area contributed by atoms with Crippen LogP contribution in [0.1, 0.15) is 51.5 Å². The van der Waals surface area contributed by atoms with Gasteiger partial charge in [-0.1, -0.05) is 50.3 Å². The van der Waals surface area contributed by atoms with Gasteiger partial charge in [0.15, 0.2) is 0 Å². The quantitative estimate of drug-likeness (QED) is 0.673. The molecule has 1 rings (SSSR count). The molecule has 0 heterocycles. The molecule has 19 heavy (non-hydrogen) atoms. The van der Waals surface area contributed by atoms with Gasteiger partial charge in [0, 0.05) is 6.04 Å². The largest absolute Gasteiger partial charge is 0.492 e. The molecule has 0 bridgehead atoms. The van der Waals surface area contributed by atoms with Crippen molar-refractivity contribution < 1.29 is 4.74 Å². The van der Waals surface area contributed by atoms with E-state index in [0.29, 0.717) is 5.02 Å². The van der Waals surface area contributed by atoms with Gasteiger partial charge < -0.3 is 10.5 Å². The summed E-state index contributed by atoms with van der Waals surface area (Å²) in [6, 6.07) is 6.10. The Bertz CT molecular complexity index is 366. The molecule has 0 aliphatic carbocycles. The highest BCUT2D eigenvalue weighted by Crippen LogP contribution is 2.26. The molecule has 0 fully saturated rings. The molecule has 0 aliphatic heterocycles. The Morgan fingerprint density at radius 1 is 1.21 bits per heavy atom. The van der Waals surface area contributed by atoms with E-state index in [2.05, 4.69) is 6.92 Å². The van der Waals surface area contributed by atoms with Gasteiger partial charge in [-0.2, -0.15) is 0 Å². The number of hydrogen-bond acceptors (Lipinski definition) is 2. The van der Waals surface area contributed by atoms with Crippen LogP contribution in [0.3, 0.4) is 0 Å². The molecule has 0 saturated heterocycles.